The van der Waals surface area contributed by atoms with Crippen LogP contribution in [0.25, 0.3) is 0 Å². The van der Waals surface area contributed by atoms with Gasteiger partial charge in [0.1, 0.15) is 35.9 Å². The van der Waals surface area contributed by atoms with Gasteiger partial charge >= 0.3 is 12.1 Å². The second-order valence-electron chi connectivity index (χ2n) is 11.2. The molecule has 38 heavy (non-hydrogen) atoms. The highest BCUT2D eigenvalue weighted by molar-refractivity contribution is 6.02. The highest BCUT2D eigenvalue weighted by Gasteiger charge is 2.26. The molecule has 1 heterocycles. The first-order valence-electron chi connectivity index (χ1n) is 12.6. The van der Waals surface area contributed by atoms with E-state index in [1.54, 1.807) is 70.7 Å². The van der Waals surface area contributed by atoms with Crippen molar-refractivity contribution >= 4 is 23.8 Å². The zero-order chi connectivity index (χ0) is 28.1. The van der Waals surface area contributed by atoms with Crippen molar-refractivity contribution in [3.63, 3.8) is 0 Å². The first-order valence-corrected chi connectivity index (χ1v) is 12.6. The Morgan fingerprint density at radius 2 is 1.63 bits per heavy atom. The van der Waals surface area contributed by atoms with Crippen molar-refractivity contribution in [3.05, 3.63) is 64.7 Å². The van der Waals surface area contributed by atoms with Crippen LogP contribution in [0.3, 0.4) is 0 Å². The Balaban J connectivity index is 1.61. The highest BCUT2D eigenvalue weighted by atomic mass is 16.6. The van der Waals surface area contributed by atoms with Crippen molar-refractivity contribution in [3.8, 4) is 5.75 Å². The number of fused-ring (bicyclic) bond motifs is 1. The third-order valence-electron chi connectivity index (χ3n) is 5.47. The Morgan fingerprint density at radius 3 is 2.26 bits per heavy atom. The second kappa shape index (κ2) is 11.7. The van der Waals surface area contributed by atoms with E-state index in [0.29, 0.717) is 36.4 Å². The lowest BCUT2D eigenvalue weighted by Gasteiger charge is -2.24. The predicted molar refractivity (Wildman–Crippen MR) is 144 cm³/mol. The van der Waals surface area contributed by atoms with Crippen molar-refractivity contribution in [1.82, 2.24) is 4.90 Å². The fourth-order valence-electron chi connectivity index (χ4n) is 3.87. The number of amides is 2. The summed E-state index contributed by atoms with van der Waals surface area (Å²) in [6, 6.07) is 12.6. The Bertz CT molecular complexity index is 1210. The zero-order valence-electron chi connectivity index (χ0n) is 23.0. The molecule has 2 aromatic carbocycles. The number of amidine groups is 1. The summed E-state index contributed by atoms with van der Waals surface area (Å²) in [4.78, 5) is 42.5. The van der Waals surface area contributed by atoms with Crippen LogP contribution in [-0.4, -0.2) is 53.0 Å². The molecule has 9 nitrogen and oxygen atoms in total. The fourth-order valence-corrected chi connectivity index (χ4v) is 3.87. The van der Waals surface area contributed by atoms with E-state index in [4.69, 9.17) is 19.9 Å². The van der Waals surface area contributed by atoms with E-state index in [9.17, 15) is 14.4 Å². The first-order chi connectivity index (χ1) is 17.7. The Labute approximate surface area is 224 Å². The van der Waals surface area contributed by atoms with E-state index in [1.165, 1.54) is 0 Å². The minimum Gasteiger partial charge on any atom is -0.489 e. The van der Waals surface area contributed by atoms with E-state index in [0.717, 1.165) is 17.5 Å². The molecule has 1 aliphatic rings. The number of hydrogen-bond donors (Lipinski definition) is 1. The summed E-state index contributed by atoms with van der Waals surface area (Å²) in [7, 11) is 0. The summed E-state index contributed by atoms with van der Waals surface area (Å²) in [5.74, 6) is 0.115. The minimum absolute atomic E-state index is 0.0721. The molecule has 0 aliphatic carbocycles. The topological polar surface area (TPSA) is 121 Å². The van der Waals surface area contributed by atoms with Crippen LogP contribution in [0.5, 0.6) is 5.75 Å². The number of nitrogens with zero attached hydrogens (tertiary/aromatic N) is 2. The molecule has 9 heteroatoms. The number of aliphatic imine (C=N–C) groups is 1. The van der Waals surface area contributed by atoms with Gasteiger partial charge in [0.05, 0.1) is 0 Å². The van der Waals surface area contributed by atoms with Crippen molar-refractivity contribution in [2.75, 3.05) is 13.1 Å². The molecule has 0 saturated carbocycles. The summed E-state index contributed by atoms with van der Waals surface area (Å²) in [5, 5.41) is 0. The second-order valence-corrected chi connectivity index (χ2v) is 11.2. The predicted octanol–water partition coefficient (Wildman–Crippen LogP) is 4.64. The van der Waals surface area contributed by atoms with Crippen LogP contribution in [0.4, 0.5) is 4.79 Å². The molecule has 1 aliphatic heterocycles. The lowest BCUT2D eigenvalue weighted by molar-refractivity contribution is -0.155. The highest BCUT2D eigenvalue weighted by Crippen LogP contribution is 2.25. The number of nitrogens with two attached hydrogens (primary N) is 1. The maximum Gasteiger partial charge on any atom is 0.436 e. The van der Waals surface area contributed by atoms with Gasteiger partial charge in [-0.1, -0.05) is 24.3 Å². The average Bonchev–Trinajstić information content (AvgIpc) is 2.94. The lowest BCUT2D eigenvalue weighted by atomic mass is 10.0. The molecule has 0 spiro atoms. The maximum atomic E-state index is 13.1. The van der Waals surface area contributed by atoms with Gasteiger partial charge in [-0.25, -0.2) is 4.79 Å². The van der Waals surface area contributed by atoms with Gasteiger partial charge in [-0.15, -0.1) is 0 Å². The largest absolute Gasteiger partial charge is 0.489 e. The molecule has 0 bridgehead atoms. The zero-order valence-corrected chi connectivity index (χ0v) is 23.0. The van der Waals surface area contributed by atoms with E-state index < -0.39 is 23.3 Å². The van der Waals surface area contributed by atoms with Crippen LogP contribution in [0.1, 0.15) is 75.0 Å². The molecule has 0 unspecified atom stereocenters. The number of hydrogen-bond acceptors (Lipinski definition) is 6. The average molecular weight is 524 g/mol. The van der Waals surface area contributed by atoms with E-state index in [1.807, 2.05) is 18.2 Å². The van der Waals surface area contributed by atoms with Crippen molar-refractivity contribution < 1.29 is 28.6 Å². The van der Waals surface area contributed by atoms with Crippen LogP contribution < -0.4 is 10.5 Å². The van der Waals surface area contributed by atoms with E-state index >= 15 is 0 Å². The Hall–Kier alpha value is -3.88. The lowest BCUT2D eigenvalue weighted by Crippen LogP contribution is -2.38. The first kappa shape index (κ1) is 28.7. The van der Waals surface area contributed by atoms with Crippen molar-refractivity contribution in [2.24, 2.45) is 10.7 Å². The summed E-state index contributed by atoms with van der Waals surface area (Å²) < 4.78 is 16.5. The minimum atomic E-state index is -0.739. The number of aryl methyl sites for hydroxylation is 1. The summed E-state index contributed by atoms with van der Waals surface area (Å²) in [6.07, 6.45) is 0.698. The van der Waals surface area contributed by atoms with Crippen LogP contribution in [0.15, 0.2) is 47.5 Å². The molecule has 3 rings (SSSR count). The molecular weight excluding hydrogens is 486 g/mol. The van der Waals surface area contributed by atoms with Crippen molar-refractivity contribution in [1.29, 1.82) is 0 Å². The molecule has 204 valence electrons. The SMILES string of the molecule is CC(C)(C)OC(=O)CN1CCCc2cc(OCc3ccc(/C(N)=N/C(=O)OC(C)(C)C)cc3)ccc2C1=O. The van der Waals surface area contributed by atoms with Gasteiger partial charge in [-0.3, -0.25) is 9.59 Å². The summed E-state index contributed by atoms with van der Waals surface area (Å²) in [5.41, 5.74) is 7.65. The van der Waals surface area contributed by atoms with E-state index in [2.05, 4.69) is 4.99 Å². The smallest absolute Gasteiger partial charge is 0.436 e. The number of esters is 1. The molecule has 0 saturated heterocycles. The molecule has 0 radical (unpaired) electrons. The quantitative estimate of drug-likeness (QED) is 0.333. The van der Waals surface area contributed by atoms with Crippen LogP contribution in [0.2, 0.25) is 0 Å². The number of carbonyl (C=O) groups excluding carboxylic acids is 3. The van der Waals surface area contributed by atoms with Gasteiger partial charge in [0.15, 0.2) is 0 Å². The van der Waals surface area contributed by atoms with Crippen LogP contribution >= 0.6 is 0 Å². The van der Waals surface area contributed by atoms with Gasteiger partial charge in [0.2, 0.25) is 0 Å². The van der Waals surface area contributed by atoms with Gasteiger partial charge in [-0.2, -0.15) is 4.99 Å². The number of benzene rings is 2. The monoisotopic (exact) mass is 523 g/mol. The standard InChI is InChI=1S/C29H37N3O6/c1-28(2,3)37-24(33)17-32-15-7-8-21-16-22(13-14-23(21)26(32)34)36-18-19-9-11-20(12-10-19)25(30)31-27(35)38-29(4,5)6/h9-14,16H,7-8,15,17-18H2,1-6H3,(H2,30,31,35). The summed E-state index contributed by atoms with van der Waals surface area (Å²) >= 11 is 0. The van der Waals surface area contributed by atoms with Crippen LogP contribution in [0, 0.1) is 0 Å². The number of ether oxygens (including phenoxy) is 3. The van der Waals surface area contributed by atoms with Gasteiger partial charge < -0.3 is 24.8 Å². The number of rotatable bonds is 6. The van der Waals surface area contributed by atoms with Gasteiger partial charge in [0.25, 0.3) is 5.91 Å². The Kier molecular flexibility index (Phi) is 8.81. The third-order valence-corrected chi connectivity index (χ3v) is 5.47. The molecular formula is C29H37N3O6. The third kappa shape index (κ3) is 8.61. The van der Waals surface area contributed by atoms with Gasteiger partial charge in [-0.05, 0) is 83.7 Å². The van der Waals surface area contributed by atoms with E-state index in [-0.39, 0.29) is 18.3 Å². The molecule has 2 N–H and O–H groups in total. The normalized spacial score (nSPS) is 14.4. The van der Waals surface area contributed by atoms with Gasteiger partial charge in [0, 0.05) is 17.7 Å². The molecule has 2 aromatic rings. The summed E-state index contributed by atoms with van der Waals surface area (Å²) in [6.45, 7) is 11.4. The molecule has 0 atom stereocenters. The maximum absolute atomic E-state index is 13.1. The fraction of sp³-hybridized carbons (Fsp3) is 0.448. The van der Waals surface area contributed by atoms with Crippen molar-refractivity contribution in [2.45, 2.75) is 72.2 Å². The molecule has 0 aromatic heterocycles. The Morgan fingerprint density at radius 1 is 0.974 bits per heavy atom. The molecule has 2 amide bonds. The van der Waals surface area contributed by atoms with Crippen LogP contribution in [-0.2, 0) is 27.3 Å². The molecule has 0 fully saturated rings. The number of carbonyl (C=O) groups is 3.